The first-order chi connectivity index (χ1) is 17.9. The van der Waals surface area contributed by atoms with Crippen LogP contribution in [-0.4, -0.2) is 43.1 Å². The number of fused-ring (bicyclic) bond motifs is 4. The molecule has 0 aliphatic carbocycles. The molecule has 3 aliphatic rings. The number of benzene rings is 3. The van der Waals surface area contributed by atoms with Crippen molar-refractivity contribution in [3.8, 4) is 5.75 Å². The van der Waals surface area contributed by atoms with Gasteiger partial charge in [-0.2, -0.15) is 0 Å². The van der Waals surface area contributed by atoms with Crippen LogP contribution in [0.3, 0.4) is 0 Å². The van der Waals surface area contributed by atoms with Gasteiger partial charge >= 0.3 is 0 Å². The van der Waals surface area contributed by atoms with Crippen LogP contribution in [0.2, 0.25) is 0 Å². The van der Waals surface area contributed by atoms with Crippen LogP contribution in [0.4, 0.5) is 15.8 Å². The lowest BCUT2D eigenvalue weighted by molar-refractivity contribution is -0.136. The highest BCUT2D eigenvalue weighted by atomic mass is 19.1. The van der Waals surface area contributed by atoms with E-state index in [2.05, 4.69) is 22.5 Å². The minimum Gasteiger partial charge on any atom is -0.490 e. The standard InChI is InChI=1S/C29H29FN4O3/c1-18-4-3-5-20(12-18)15-32-16-23-28(22-14-21(30)7-8-24(22)32)31-34(29(23)36)17-27(35)33-10-11-37-26-9-6-19(2)13-25(26)33/h3-9,12-14,23,28,31H,10-11,15-17H2,1-2H3. The smallest absolute Gasteiger partial charge is 0.248 e. The van der Waals surface area contributed by atoms with E-state index in [-0.39, 0.29) is 30.2 Å². The maximum absolute atomic E-state index is 14.4. The Morgan fingerprint density at radius 1 is 1.05 bits per heavy atom. The second-order valence-electron chi connectivity index (χ2n) is 10.1. The van der Waals surface area contributed by atoms with Crippen LogP contribution < -0.4 is 20.0 Å². The highest BCUT2D eigenvalue weighted by Crippen LogP contribution is 2.42. The van der Waals surface area contributed by atoms with Crippen LogP contribution in [0.15, 0.2) is 60.7 Å². The fourth-order valence-electron chi connectivity index (χ4n) is 5.64. The molecule has 0 spiro atoms. The monoisotopic (exact) mass is 500 g/mol. The van der Waals surface area contributed by atoms with Gasteiger partial charge in [0.1, 0.15) is 24.7 Å². The van der Waals surface area contributed by atoms with Crippen molar-refractivity contribution in [3.05, 3.63) is 88.7 Å². The Hall–Kier alpha value is -3.91. The van der Waals surface area contributed by atoms with E-state index in [1.165, 1.54) is 17.1 Å². The molecular weight excluding hydrogens is 471 g/mol. The van der Waals surface area contributed by atoms with Gasteiger partial charge in [0.25, 0.3) is 0 Å². The molecule has 0 saturated carbocycles. The van der Waals surface area contributed by atoms with Gasteiger partial charge in [0.2, 0.25) is 11.8 Å². The third kappa shape index (κ3) is 4.31. The molecule has 1 fully saturated rings. The summed E-state index contributed by atoms with van der Waals surface area (Å²) >= 11 is 0. The molecule has 3 heterocycles. The van der Waals surface area contributed by atoms with Gasteiger partial charge < -0.3 is 14.5 Å². The summed E-state index contributed by atoms with van der Waals surface area (Å²) in [5.41, 5.74) is 8.90. The Bertz CT molecular complexity index is 1390. The van der Waals surface area contributed by atoms with E-state index in [1.807, 2.05) is 44.2 Å². The van der Waals surface area contributed by atoms with E-state index in [0.717, 1.165) is 33.6 Å². The average Bonchev–Trinajstić information content (AvgIpc) is 3.18. The molecule has 1 saturated heterocycles. The third-order valence-electron chi connectivity index (χ3n) is 7.39. The largest absolute Gasteiger partial charge is 0.490 e. The van der Waals surface area contributed by atoms with Crippen LogP contribution in [0.25, 0.3) is 0 Å². The van der Waals surface area contributed by atoms with Crippen LogP contribution in [0.5, 0.6) is 5.75 Å². The molecular formula is C29H29FN4O3. The fourth-order valence-corrected chi connectivity index (χ4v) is 5.64. The Morgan fingerprint density at radius 3 is 2.73 bits per heavy atom. The number of nitrogens with zero attached hydrogens (tertiary/aromatic N) is 3. The minimum absolute atomic E-state index is 0.109. The molecule has 37 heavy (non-hydrogen) atoms. The highest BCUT2D eigenvalue weighted by Gasteiger charge is 2.47. The summed E-state index contributed by atoms with van der Waals surface area (Å²) in [5.74, 6) is -0.452. The van der Waals surface area contributed by atoms with Gasteiger partial charge in [0.05, 0.1) is 24.2 Å². The average molecular weight is 501 g/mol. The summed E-state index contributed by atoms with van der Waals surface area (Å²) < 4.78 is 20.1. The maximum Gasteiger partial charge on any atom is 0.248 e. The van der Waals surface area contributed by atoms with Crippen LogP contribution >= 0.6 is 0 Å². The van der Waals surface area contributed by atoms with Crippen molar-refractivity contribution in [1.82, 2.24) is 10.4 Å². The lowest BCUT2D eigenvalue weighted by atomic mass is 9.87. The number of hydrogen-bond donors (Lipinski definition) is 1. The van der Waals surface area contributed by atoms with Crippen molar-refractivity contribution in [1.29, 1.82) is 0 Å². The van der Waals surface area contributed by atoms with Crippen molar-refractivity contribution in [3.63, 3.8) is 0 Å². The van der Waals surface area contributed by atoms with Gasteiger partial charge in [-0.15, -0.1) is 0 Å². The minimum atomic E-state index is -0.425. The van der Waals surface area contributed by atoms with E-state index < -0.39 is 5.92 Å². The van der Waals surface area contributed by atoms with Crippen molar-refractivity contribution < 1.29 is 18.7 Å². The normalized spacial score (nSPS) is 20.3. The first-order valence-electron chi connectivity index (χ1n) is 12.6. The van der Waals surface area contributed by atoms with Gasteiger partial charge in [-0.25, -0.2) is 9.82 Å². The summed E-state index contributed by atoms with van der Waals surface area (Å²) in [4.78, 5) is 30.8. The number of hydrogen-bond acceptors (Lipinski definition) is 5. The third-order valence-corrected chi connectivity index (χ3v) is 7.39. The van der Waals surface area contributed by atoms with E-state index in [9.17, 15) is 14.0 Å². The van der Waals surface area contributed by atoms with Crippen LogP contribution in [0.1, 0.15) is 28.3 Å². The van der Waals surface area contributed by atoms with E-state index >= 15 is 0 Å². The molecule has 0 radical (unpaired) electrons. The van der Waals surface area contributed by atoms with Crippen molar-refractivity contribution in [2.24, 2.45) is 5.92 Å². The van der Waals surface area contributed by atoms with Gasteiger partial charge in [-0.05, 0) is 60.9 Å². The molecule has 2 atom stereocenters. The van der Waals surface area contributed by atoms with Crippen LogP contribution in [-0.2, 0) is 16.1 Å². The Morgan fingerprint density at radius 2 is 1.89 bits per heavy atom. The van der Waals surface area contributed by atoms with Crippen molar-refractivity contribution in [2.45, 2.75) is 26.4 Å². The number of amides is 2. The Labute approximate surface area is 215 Å². The van der Waals surface area contributed by atoms with Gasteiger partial charge in [0, 0.05) is 18.8 Å². The fraction of sp³-hybridized carbons (Fsp3) is 0.310. The number of halogens is 1. The number of nitrogens with one attached hydrogen (secondary N) is 1. The number of ether oxygens (including phenoxy) is 1. The molecule has 0 aromatic heterocycles. The molecule has 2 amide bonds. The van der Waals surface area contributed by atoms with Crippen molar-refractivity contribution in [2.75, 3.05) is 36.0 Å². The second kappa shape index (κ2) is 9.19. The molecule has 3 aliphatic heterocycles. The number of anilines is 2. The molecule has 7 nitrogen and oxygen atoms in total. The van der Waals surface area contributed by atoms with Gasteiger partial charge in [-0.3, -0.25) is 14.6 Å². The Balaban J connectivity index is 1.25. The molecule has 6 rings (SSSR count). The number of carbonyl (C=O) groups is 2. The zero-order chi connectivity index (χ0) is 25.7. The molecule has 1 N–H and O–H groups in total. The highest BCUT2D eigenvalue weighted by molar-refractivity contribution is 5.99. The molecule has 2 unspecified atom stereocenters. The molecule has 3 aromatic rings. The second-order valence-corrected chi connectivity index (χ2v) is 10.1. The maximum atomic E-state index is 14.4. The summed E-state index contributed by atoms with van der Waals surface area (Å²) in [6.45, 7) is 5.81. The quantitative estimate of drug-likeness (QED) is 0.589. The van der Waals surface area contributed by atoms with Gasteiger partial charge in [0.15, 0.2) is 0 Å². The summed E-state index contributed by atoms with van der Waals surface area (Å²) in [6.07, 6.45) is 0. The predicted molar refractivity (Wildman–Crippen MR) is 139 cm³/mol. The first kappa shape index (κ1) is 23.5. The predicted octanol–water partition coefficient (Wildman–Crippen LogP) is 3.89. The molecule has 0 bridgehead atoms. The SMILES string of the molecule is Cc1cccc(CN2CC3C(=O)N(CC(=O)N4CCOc5ccc(C)cc54)NC3c3cc(F)ccc32)c1. The van der Waals surface area contributed by atoms with E-state index in [1.54, 1.807) is 11.0 Å². The van der Waals surface area contributed by atoms with Gasteiger partial charge in [-0.1, -0.05) is 35.9 Å². The molecule has 190 valence electrons. The molecule has 3 aromatic carbocycles. The van der Waals surface area contributed by atoms with E-state index in [4.69, 9.17) is 4.74 Å². The molecule has 8 heteroatoms. The first-order valence-corrected chi connectivity index (χ1v) is 12.6. The van der Waals surface area contributed by atoms with E-state index in [0.29, 0.717) is 32.0 Å². The topological polar surface area (TPSA) is 65.1 Å². The lowest BCUT2D eigenvalue weighted by Gasteiger charge is -2.36. The number of rotatable bonds is 4. The summed E-state index contributed by atoms with van der Waals surface area (Å²) in [7, 11) is 0. The Kier molecular flexibility index (Phi) is 5.83. The number of hydrazine groups is 1. The zero-order valence-electron chi connectivity index (χ0n) is 20.9. The van der Waals surface area contributed by atoms with Crippen molar-refractivity contribution >= 4 is 23.2 Å². The lowest BCUT2D eigenvalue weighted by Crippen LogP contribution is -2.47. The number of aryl methyl sites for hydroxylation is 2. The summed E-state index contributed by atoms with van der Waals surface area (Å²) in [6, 6.07) is 18.3. The zero-order valence-corrected chi connectivity index (χ0v) is 20.9. The van der Waals surface area contributed by atoms with Crippen LogP contribution in [0, 0.1) is 25.6 Å². The number of carbonyl (C=O) groups excluding carboxylic acids is 2. The summed E-state index contributed by atoms with van der Waals surface area (Å²) in [5, 5.41) is 1.41.